The highest BCUT2D eigenvalue weighted by Crippen LogP contribution is 2.20. The van der Waals surface area contributed by atoms with E-state index in [9.17, 15) is 9.18 Å². The van der Waals surface area contributed by atoms with Gasteiger partial charge in [-0.15, -0.1) is 0 Å². The number of anilines is 1. The zero-order chi connectivity index (χ0) is 17.8. The van der Waals surface area contributed by atoms with Crippen LogP contribution in [0.4, 0.5) is 10.1 Å². The molecule has 25 heavy (non-hydrogen) atoms. The number of hydrogen-bond donors (Lipinski definition) is 2. The van der Waals surface area contributed by atoms with Crippen molar-refractivity contribution in [2.75, 3.05) is 5.32 Å². The number of hydrogen-bond acceptors (Lipinski definition) is 3. The fourth-order valence-electron chi connectivity index (χ4n) is 2.52. The third-order valence-corrected chi connectivity index (χ3v) is 3.90. The molecule has 0 radical (unpaired) electrons. The van der Waals surface area contributed by atoms with Crippen LogP contribution >= 0.6 is 0 Å². The van der Waals surface area contributed by atoms with E-state index in [0.29, 0.717) is 30.2 Å². The van der Waals surface area contributed by atoms with Gasteiger partial charge in [-0.1, -0.05) is 12.1 Å². The molecule has 5 nitrogen and oxygen atoms in total. The van der Waals surface area contributed by atoms with Crippen LogP contribution in [0.3, 0.4) is 0 Å². The molecule has 0 bridgehead atoms. The zero-order valence-electron chi connectivity index (χ0n) is 13.9. The summed E-state index contributed by atoms with van der Waals surface area (Å²) in [6.45, 7) is 2.92. The molecule has 3 N–H and O–H groups in total. The van der Waals surface area contributed by atoms with Crippen molar-refractivity contribution in [1.82, 2.24) is 9.78 Å². The van der Waals surface area contributed by atoms with E-state index < -0.39 is 0 Å². The molecule has 0 unspecified atom stereocenters. The number of aromatic nitrogens is 2. The molecule has 1 aromatic heterocycles. The van der Waals surface area contributed by atoms with Gasteiger partial charge in [-0.2, -0.15) is 5.10 Å². The summed E-state index contributed by atoms with van der Waals surface area (Å²) in [6.07, 6.45) is 0. The number of nitrogens with zero attached hydrogens (tertiary/aromatic N) is 2. The lowest BCUT2D eigenvalue weighted by molar-refractivity contribution is 0.101. The Morgan fingerprint density at radius 1 is 1.16 bits per heavy atom. The molecule has 6 heteroatoms. The molecule has 0 atom stereocenters. The SMILES string of the molecule is CCn1nc(-c2ccc(F)cc2)cc1C(=O)Nc1ccc(CN)cc1. The molecular weight excluding hydrogens is 319 g/mol. The first-order chi connectivity index (χ1) is 12.1. The van der Waals surface area contributed by atoms with Crippen molar-refractivity contribution in [2.24, 2.45) is 5.73 Å². The summed E-state index contributed by atoms with van der Waals surface area (Å²) < 4.78 is 14.7. The van der Waals surface area contributed by atoms with Gasteiger partial charge in [0.05, 0.1) is 5.69 Å². The maximum absolute atomic E-state index is 13.1. The molecule has 0 spiro atoms. The molecule has 3 rings (SSSR count). The minimum Gasteiger partial charge on any atom is -0.326 e. The highest BCUT2D eigenvalue weighted by Gasteiger charge is 2.16. The van der Waals surface area contributed by atoms with Gasteiger partial charge in [0.25, 0.3) is 5.91 Å². The number of carbonyl (C=O) groups excluding carboxylic acids is 1. The molecule has 2 aromatic carbocycles. The number of amides is 1. The number of rotatable bonds is 5. The molecule has 0 saturated heterocycles. The number of carbonyl (C=O) groups is 1. The van der Waals surface area contributed by atoms with E-state index in [2.05, 4.69) is 10.4 Å². The summed E-state index contributed by atoms with van der Waals surface area (Å²) in [4.78, 5) is 12.6. The van der Waals surface area contributed by atoms with Crippen LogP contribution in [-0.2, 0) is 13.1 Å². The highest BCUT2D eigenvalue weighted by molar-refractivity contribution is 6.03. The third kappa shape index (κ3) is 3.75. The van der Waals surface area contributed by atoms with Gasteiger partial charge in [-0.3, -0.25) is 9.48 Å². The topological polar surface area (TPSA) is 72.9 Å². The molecule has 0 aliphatic heterocycles. The fraction of sp³-hybridized carbons (Fsp3) is 0.158. The number of nitrogens with one attached hydrogen (secondary N) is 1. The Labute approximate surface area is 145 Å². The van der Waals surface area contributed by atoms with Crippen molar-refractivity contribution in [3.8, 4) is 11.3 Å². The number of halogens is 1. The summed E-state index contributed by atoms with van der Waals surface area (Å²) in [5.41, 5.74) is 9.10. The summed E-state index contributed by atoms with van der Waals surface area (Å²) in [6, 6.07) is 15.1. The zero-order valence-corrected chi connectivity index (χ0v) is 13.9. The van der Waals surface area contributed by atoms with E-state index >= 15 is 0 Å². The van der Waals surface area contributed by atoms with Gasteiger partial charge < -0.3 is 11.1 Å². The molecule has 0 fully saturated rings. The maximum atomic E-state index is 13.1. The summed E-state index contributed by atoms with van der Waals surface area (Å²) in [7, 11) is 0. The van der Waals surface area contributed by atoms with Gasteiger partial charge in [-0.05, 0) is 55.0 Å². The predicted molar refractivity (Wildman–Crippen MR) is 95.6 cm³/mol. The highest BCUT2D eigenvalue weighted by atomic mass is 19.1. The molecule has 0 aliphatic rings. The first kappa shape index (κ1) is 16.9. The lowest BCUT2D eigenvalue weighted by atomic mass is 10.1. The second-order valence-corrected chi connectivity index (χ2v) is 5.59. The predicted octanol–water partition coefficient (Wildman–Crippen LogP) is 3.42. The molecule has 3 aromatic rings. The first-order valence-electron chi connectivity index (χ1n) is 8.05. The van der Waals surface area contributed by atoms with Crippen molar-refractivity contribution in [1.29, 1.82) is 0 Å². The Morgan fingerprint density at radius 3 is 2.44 bits per heavy atom. The Bertz CT molecular complexity index is 869. The smallest absolute Gasteiger partial charge is 0.273 e. The van der Waals surface area contributed by atoms with Crippen LogP contribution in [-0.4, -0.2) is 15.7 Å². The van der Waals surface area contributed by atoms with Crippen LogP contribution in [0.2, 0.25) is 0 Å². The first-order valence-corrected chi connectivity index (χ1v) is 8.05. The van der Waals surface area contributed by atoms with E-state index in [1.807, 2.05) is 31.2 Å². The molecule has 1 heterocycles. The Hall–Kier alpha value is -2.99. The Kier molecular flexibility index (Phi) is 4.90. The Morgan fingerprint density at radius 2 is 1.84 bits per heavy atom. The van der Waals surface area contributed by atoms with Crippen LogP contribution in [0.5, 0.6) is 0 Å². The lowest BCUT2D eigenvalue weighted by Crippen LogP contribution is -2.17. The van der Waals surface area contributed by atoms with E-state index in [1.54, 1.807) is 22.9 Å². The van der Waals surface area contributed by atoms with Gasteiger partial charge in [0.15, 0.2) is 0 Å². The molecule has 0 saturated carbocycles. The number of nitrogens with two attached hydrogens (primary N) is 1. The second kappa shape index (κ2) is 7.27. The van der Waals surface area contributed by atoms with Crippen LogP contribution in [0.25, 0.3) is 11.3 Å². The average Bonchev–Trinajstić information content (AvgIpc) is 3.07. The van der Waals surface area contributed by atoms with Crippen LogP contribution < -0.4 is 11.1 Å². The summed E-state index contributed by atoms with van der Waals surface area (Å²) in [5.74, 6) is -0.555. The van der Waals surface area contributed by atoms with Crippen LogP contribution in [0, 0.1) is 5.82 Å². The Balaban J connectivity index is 1.85. The molecule has 1 amide bonds. The van der Waals surface area contributed by atoms with Gasteiger partial charge in [0.1, 0.15) is 11.5 Å². The van der Waals surface area contributed by atoms with Gasteiger partial charge in [-0.25, -0.2) is 4.39 Å². The van der Waals surface area contributed by atoms with E-state index in [1.165, 1.54) is 12.1 Å². The van der Waals surface area contributed by atoms with Crippen molar-refractivity contribution in [2.45, 2.75) is 20.0 Å². The van der Waals surface area contributed by atoms with Crippen LogP contribution in [0.15, 0.2) is 54.6 Å². The average molecular weight is 338 g/mol. The fourth-order valence-corrected chi connectivity index (χ4v) is 2.52. The largest absolute Gasteiger partial charge is 0.326 e. The number of benzene rings is 2. The molecule has 128 valence electrons. The van der Waals surface area contributed by atoms with Crippen molar-refractivity contribution < 1.29 is 9.18 Å². The quantitative estimate of drug-likeness (QED) is 0.749. The summed E-state index contributed by atoms with van der Waals surface area (Å²) >= 11 is 0. The normalized spacial score (nSPS) is 10.7. The number of aryl methyl sites for hydroxylation is 1. The van der Waals surface area contributed by atoms with Gasteiger partial charge >= 0.3 is 0 Å². The van der Waals surface area contributed by atoms with E-state index in [4.69, 9.17) is 5.73 Å². The van der Waals surface area contributed by atoms with Crippen molar-refractivity contribution >= 4 is 11.6 Å². The maximum Gasteiger partial charge on any atom is 0.273 e. The van der Waals surface area contributed by atoms with Gasteiger partial charge in [0.2, 0.25) is 0 Å². The van der Waals surface area contributed by atoms with E-state index in [-0.39, 0.29) is 11.7 Å². The van der Waals surface area contributed by atoms with E-state index in [0.717, 1.165) is 11.1 Å². The lowest BCUT2D eigenvalue weighted by Gasteiger charge is -2.07. The molecule has 0 aliphatic carbocycles. The summed E-state index contributed by atoms with van der Waals surface area (Å²) in [5, 5.41) is 7.29. The van der Waals surface area contributed by atoms with Gasteiger partial charge in [0, 0.05) is 24.3 Å². The molecular formula is C19H19FN4O. The standard InChI is InChI=1S/C19H19FN4O/c1-2-24-18(11-17(23-24)14-5-7-15(20)8-6-14)19(25)22-16-9-3-13(12-21)4-10-16/h3-11H,2,12,21H2,1H3,(H,22,25). The minimum absolute atomic E-state index is 0.247. The second-order valence-electron chi connectivity index (χ2n) is 5.59. The third-order valence-electron chi connectivity index (χ3n) is 3.90. The van der Waals surface area contributed by atoms with Crippen molar-refractivity contribution in [3.63, 3.8) is 0 Å². The monoisotopic (exact) mass is 338 g/mol. The minimum atomic E-state index is -0.308. The van der Waals surface area contributed by atoms with Crippen molar-refractivity contribution in [3.05, 3.63) is 71.7 Å². The van der Waals surface area contributed by atoms with Crippen LogP contribution in [0.1, 0.15) is 23.0 Å².